The third-order valence-electron chi connectivity index (χ3n) is 7.37. The predicted molar refractivity (Wildman–Crippen MR) is 117 cm³/mol. The number of guanidine groups is 1. The molecule has 2 saturated carbocycles. The number of hydrazine groups is 2. The van der Waals surface area contributed by atoms with E-state index in [2.05, 4.69) is 31.9 Å². The van der Waals surface area contributed by atoms with Gasteiger partial charge in [0.2, 0.25) is 5.91 Å². The van der Waals surface area contributed by atoms with E-state index in [1.54, 1.807) is 0 Å². The van der Waals surface area contributed by atoms with Crippen molar-refractivity contribution < 1.29 is 27.5 Å². The number of aliphatic imine (C=N–C) groups is 1. The molecule has 7 unspecified atom stereocenters. The molecule has 2 saturated heterocycles. The first kappa shape index (κ1) is 25.5. The van der Waals surface area contributed by atoms with E-state index in [-0.39, 0.29) is 36.9 Å². The Morgan fingerprint density at radius 1 is 1.12 bits per heavy atom. The molecule has 0 radical (unpaired) electrons. The van der Waals surface area contributed by atoms with Crippen LogP contribution < -0.4 is 26.9 Å². The largest absolute Gasteiger partial charge is 0.405 e. The van der Waals surface area contributed by atoms with Crippen LogP contribution in [0.5, 0.6) is 0 Å². The second-order valence-corrected chi connectivity index (χ2v) is 10.0. The molecule has 0 aromatic carbocycles. The van der Waals surface area contributed by atoms with Gasteiger partial charge in [0.1, 0.15) is 18.4 Å². The van der Waals surface area contributed by atoms with Crippen LogP contribution in [-0.4, -0.2) is 78.3 Å². The highest BCUT2D eigenvalue weighted by Crippen LogP contribution is 2.33. The van der Waals surface area contributed by atoms with Crippen molar-refractivity contribution in [3.8, 4) is 0 Å². The van der Waals surface area contributed by atoms with E-state index in [4.69, 9.17) is 0 Å². The summed E-state index contributed by atoms with van der Waals surface area (Å²) in [6.07, 6.45) is -1.25. The Hall–Kier alpha value is -1.54. The second-order valence-electron chi connectivity index (χ2n) is 10.0. The minimum absolute atomic E-state index is 0.0799. The molecule has 6 N–H and O–H groups in total. The molecular formula is C21H35F4N7O2. The summed E-state index contributed by atoms with van der Waals surface area (Å²) in [7, 11) is 1.47. The summed E-state index contributed by atoms with van der Waals surface area (Å²) in [5.74, 6) is -2.19. The molecule has 0 aromatic heterocycles. The van der Waals surface area contributed by atoms with E-state index in [1.807, 2.05) is 0 Å². The molecule has 4 fully saturated rings. The van der Waals surface area contributed by atoms with E-state index in [0.29, 0.717) is 19.3 Å². The highest BCUT2D eigenvalue weighted by molar-refractivity contribution is 5.98. The fraction of sp³-hybridized carbons (Fsp3) is 0.905. The van der Waals surface area contributed by atoms with Crippen molar-refractivity contribution in [2.45, 2.75) is 94.1 Å². The maximum Gasteiger partial charge on any atom is 0.405 e. The van der Waals surface area contributed by atoms with Crippen LogP contribution in [0, 0.1) is 11.8 Å². The number of aliphatic hydroxyl groups excluding tert-OH is 1. The average molecular weight is 494 g/mol. The van der Waals surface area contributed by atoms with Gasteiger partial charge in [0.05, 0.1) is 12.0 Å². The molecule has 9 nitrogen and oxygen atoms in total. The Balaban J connectivity index is 1.43. The van der Waals surface area contributed by atoms with Gasteiger partial charge in [0.25, 0.3) is 0 Å². The number of hydrogen-bond acceptors (Lipinski definition) is 7. The van der Waals surface area contributed by atoms with Gasteiger partial charge in [-0.25, -0.2) is 25.2 Å². The van der Waals surface area contributed by atoms with Crippen LogP contribution in [0.2, 0.25) is 0 Å². The van der Waals surface area contributed by atoms with Crippen LogP contribution in [0.3, 0.4) is 0 Å². The Morgan fingerprint density at radius 3 is 2.53 bits per heavy atom. The highest BCUT2D eigenvalue weighted by atomic mass is 19.4. The lowest BCUT2D eigenvalue weighted by molar-refractivity contribution is -0.168. The van der Waals surface area contributed by atoms with Crippen LogP contribution in [0.25, 0.3) is 0 Å². The van der Waals surface area contributed by atoms with Crippen molar-refractivity contribution in [1.82, 2.24) is 31.9 Å². The summed E-state index contributed by atoms with van der Waals surface area (Å²) in [6.45, 7) is -0.0799. The lowest BCUT2D eigenvalue weighted by atomic mass is 9.80. The van der Waals surface area contributed by atoms with Gasteiger partial charge in [0.15, 0.2) is 5.96 Å². The maximum absolute atomic E-state index is 14.5. The number of hydrogen-bond donors (Lipinski definition) is 6. The normalized spacial score (nSPS) is 38.4. The molecule has 194 valence electrons. The number of aliphatic hydroxyl groups is 1. The monoisotopic (exact) mass is 493 g/mol. The van der Waals surface area contributed by atoms with Crippen LogP contribution in [0.15, 0.2) is 4.99 Å². The average Bonchev–Trinajstić information content (AvgIpc) is 3.49. The summed E-state index contributed by atoms with van der Waals surface area (Å²) in [6, 6.07) is -2.08. The minimum Gasteiger partial charge on any atom is -0.393 e. The molecule has 4 rings (SSSR count). The Morgan fingerprint density at radius 2 is 1.85 bits per heavy atom. The Kier molecular flexibility index (Phi) is 7.97. The van der Waals surface area contributed by atoms with Crippen molar-refractivity contribution in [2.24, 2.45) is 16.8 Å². The van der Waals surface area contributed by atoms with E-state index < -0.39 is 42.5 Å². The summed E-state index contributed by atoms with van der Waals surface area (Å²) in [4.78, 5) is 17.4. The predicted octanol–water partition coefficient (Wildman–Crippen LogP) is 0.680. The van der Waals surface area contributed by atoms with E-state index in [1.165, 1.54) is 12.1 Å². The number of carbonyl (C=O) groups excluding carboxylic acids is 1. The van der Waals surface area contributed by atoms with Crippen LogP contribution in [0.1, 0.15) is 51.4 Å². The molecule has 2 aliphatic carbocycles. The minimum atomic E-state index is -4.57. The van der Waals surface area contributed by atoms with Crippen molar-refractivity contribution in [3.05, 3.63) is 0 Å². The number of alkyl halides is 4. The van der Waals surface area contributed by atoms with Crippen molar-refractivity contribution in [1.29, 1.82) is 0 Å². The first-order chi connectivity index (χ1) is 16.1. The molecule has 2 aliphatic heterocycles. The third kappa shape index (κ3) is 6.17. The molecule has 4 aliphatic rings. The van der Waals surface area contributed by atoms with Gasteiger partial charge in [-0.3, -0.25) is 15.5 Å². The van der Waals surface area contributed by atoms with Gasteiger partial charge < -0.3 is 10.4 Å². The Labute approximate surface area is 196 Å². The van der Waals surface area contributed by atoms with Gasteiger partial charge in [-0.1, -0.05) is 12.8 Å². The SMILES string of the molecule is CN1CC(C(=O)N/C(=N/C2CC(C3CCC(O)CC3F)NN2)NC2CCCC2)C(C(F)(F)F)N1. The second kappa shape index (κ2) is 10.6. The van der Waals surface area contributed by atoms with Gasteiger partial charge in [-0.05, 0) is 25.7 Å². The van der Waals surface area contributed by atoms with Gasteiger partial charge in [0, 0.05) is 44.4 Å². The summed E-state index contributed by atoms with van der Waals surface area (Å²) >= 11 is 0. The quantitative estimate of drug-likeness (QED) is 0.194. The molecule has 0 bridgehead atoms. The van der Waals surface area contributed by atoms with Crippen LogP contribution >= 0.6 is 0 Å². The van der Waals surface area contributed by atoms with E-state index in [9.17, 15) is 27.5 Å². The molecular weight excluding hydrogens is 458 g/mol. The van der Waals surface area contributed by atoms with Gasteiger partial charge in [-0.15, -0.1) is 0 Å². The number of rotatable bonds is 4. The molecule has 0 aromatic rings. The first-order valence-corrected chi connectivity index (χ1v) is 12.1. The lowest BCUT2D eigenvalue weighted by Crippen LogP contribution is -2.52. The molecule has 34 heavy (non-hydrogen) atoms. The number of nitrogens with zero attached hydrogens (tertiary/aromatic N) is 2. The lowest BCUT2D eigenvalue weighted by Gasteiger charge is -2.32. The molecule has 2 heterocycles. The topological polar surface area (TPSA) is 113 Å². The standard InChI is InChI=1S/C21H35F4N7O2/c1-32-10-14(18(31-32)21(23,24)25)19(34)28-20(26-11-4-2-3-5-11)27-17-9-16(29-30-17)13-7-6-12(33)8-15(13)22/h11-18,29-31,33H,2-10H2,1H3,(H2,26,27,28,34). The first-order valence-electron chi connectivity index (χ1n) is 12.1. The number of nitrogens with one attached hydrogen (secondary N) is 5. The summed E-state index contributed by atoms with van der Waals surface area (Å²) < 4.78 is 54.8. The highest BCUT2D eigenvalue weighted by Gasteiger charge is 2.52. The molecule has 0 spiro atoms. The molecule has 13 heteroatoms. The summed E-state index contributed by atoms with van der Waals surface area (Å²) in [5.41, 5.74) is 8.40. The van der Waals surface area contributed by atoms with Crippen LogP contribution in [0.4, 0.5) is 17.6 Å². The van der Waals surface area contributed by atoms with E-state index >= 15 is 0 Å². The smallest absolute Gasteiger partial charge is 0.393 e. The number of halogens is 4. The van der Waals surface area contributed by atoms with E-state index in [0.717, 1.165) is 25.7 Å². The van der Waals surface area contributed by atoms with Gasteiger partial charge >= 0.3 is 6.18 Å². The number of carbonyl (C=O) groups is 1. The molecule has 7 atom stereocenters. The fourth-order valence-corrected chi connectivity index (χ4v) is 5.55. The van der Waals surface area contributed by atoms with Crippen molar-refractivity contribution in [2.75, 3.05) is 13.6 Å². The maximum atomic E-state index is 14.5. The van der Waals surface area contributed by atoms with Crippen molar-refractivity contribution >= 4 is 11.9 Å². The van der Waals surface area contributed by atoms with Crippen molar-refractivity contribution in [3.63, 3.8) is 0 Å². The summed E-state index contributed by atoms with van der Waals surface area (Å²) in [5, 5.41) is 16.8. The fourth-order valence-electron chi connectivity index (χ4n) is 5.55. The third-order valence-corrected chi connectivity index (χ3v) is 7.37. The number of amides is 1. The zero-order valence-electron chi connectivity index (χ0n) is 19.2. The zero-order chi connectivity index (χ0) is 24.5. The Bertz CT molecular complexity index is 749. The van der Waals surface area contributed by atoms with Gasteiger partial charge in [-0.2, -0.15) is 13.2 Å². The van der Waals surface area contributed by atoms with Crippen LogP contribution in [-0.2, 0) is 4.79 Å². The zero-order valence-corrected chi connectivity index (χ0v) is 19.2. The molecule has 1 amide bonds.